The molecule has 9 atom stereocenters. The van der Waals surface area contributed by atoms with Crippen LogP contribution < -0.4 is 5.32 Å². The Kier molecular flexibility index (Phi) is 5.66. The van der Waals surface area contributed by atoms with Gasteiger partial charge in [-0.15, -0.1) is 0 Å². The van der Waals surface area contributed by atoms with Crippen molar-refractivity contribution in [2.75, 3.05) is 20.2 Å². The van der Waals surface area contributed by atoms with Crippen molar-refractivity contribution in [3.05, 3.63) is 0 Å². The molecule has 4 heteroatoms. The molecule has 4 fully saturated rings. The first-order valence-corrected chi connectivity index (χ1v) is 11.5. The standard InChI is InChI=1S/C23H41NO3/c1-22-9-7-15(27-12-4-11-24-3)13-19(22)20(25)14-16-17-5-6-21(26)23(17,2)10-8-18(16)22/h15-21,24-26H,4-14H2,1-3H3/t15-,16-,17-,18-,19+,20-,21-,22+,23-/m0/s1. The number of hydrogen-bond acceptors (Lipinski definition) is 4. The lowest BCUT2D eigenvalue weighted by Gasteiger charge is -2.62. The lowest BCUT2D eigenvalue weighted by Crippen LogP contribution is -2.58. The molecule has 0 radical (unpaired) electrons. The average Bonchev–Trinajstić information content (AvgIpc) is 2.95. The van der Waals surface area contributed by atoms with E-state index in [0.717, 1.165) is 57.6 Å². The lowest BCUT2D eigenvalue weighted by molar-refractivity contribution is -0.179. The Labute approximate surface area is 165 Å². The molecule has 156 valence electrons. The summed E-state index contributed by atoms with van der Waals surface area (Å²) in [5.74, 6) is 2.32. The van der Waals surface area contributed by atoms with Crippen LogP contribution in [0.4, 0.5) is 0 Å². The van der Waals surface area contributed by atoms with Crippen molar-refractivity contribution in [1.29, 1.82) is 0 Å². The summed E-state index contributed by atoms with van der Waals surface area (Å²) in [5.41, 5.74) is 0.347. The third-order valence-corrected chi connectivity index (χ3v) is 9.51. The van der Waals surface area contributed by atoms with Gasteiger partial charge in [0.25, 0.3) is 0 Å². The summed E-state index contributed by atoms with van der Waals surface area (Å²) in [7, 11) is 1.99. The molecule has 0 amide bonds. The van der Waals surface area contributed by atoms with Crippen LogP contribution in [0.2, 0.25) is 0 Å². The molecule has 0 aliphatic heterocycles. The van der Waals surface area contributed by atoms with Crippen LogP contribution in [0.1, 0.15) is 71.6 Å². The SMILES string of the molecule is CNCCCO[C@H]1CC[C@@]2(C)[C@H](C1)[C@@H](O)C[C@@H]1[C@@H]2CC[C@]2(C)[C@@H](O)CC[C@@H]12. The van der Waals surface area contributed by atoms with Gasteiger partial charge in [-0.2, -0.15) is 0 Å². The van der Waals surface area contributed by atoms with Crippen LogP contribution in [0.5, 0.6) is 0 Å². The van der Waals surface area contributed by atoms with E-state index >= 15 is 0 Å². The third-order valence-electron chi connectivity index (χ3n) is 9.51. The molecular formula is C23H41NO3. The van der Waals surface area contributed by atoms with E-state index in [1.165, 1.54) is 19.3 Å². The van der Waals surface area contributed by atoms with Crippen LogP contribution >= 0.6 is 0 Å². The predicted octanol–water partition coefficient (Wildman–Crippen LogP) is 3.36. The topological polar surface area (TPSA) is 61.7 Å². The summed E-state index contributed by atoms with van der Waals surface area (Å²) in [6.45, 7) is 6.63. The van der Waals surface area contributed by atoms with Gasteiger partial charge in [0.15, 0.2) is 0 Å². The molecule has 4 nitrogen and oxygen atoms in total. The highest BCUT2D eigenvalue weighted by atomic mass is 16.5. The van der Waals surface area contributed by atoms with Crippen molar-refractivity contribution < 1.29 is 14.9 Å². The second kappa shape index (κ2) is 7.59. The first kappa shape index (κ1) is 20.1. The van der Waals surface area contributed by atoms with Gasteiger partial charge in [0.1, 0.15) is 0 Å². The van der Waals surface area contributed by atoms with E-state index in [9.17, 15) is 10.2 Å². The largest absolute Gasteiger partial charge is 0.393 e. The quantitative estimate of drug-likeness (QED) is 0.641. The molecule has 4 saturated carbocycles. The minimum Gasteiger partial charge on any atom is -0.393 e. The minimum absolute atomic E-state index is 0.0950. The maximum absolute atomic E-state index is 11.2. The van der Waals surface area contributed by atoms with Gasteiger partial charge in [0.2, 0.25) is 0 Å². The average molecular weight is 380 g/mol. The Morgan fingerprint density at radius 2 is 1.67 bits per heavy atom. The second-order valence-corrected chi connectivity index (χ2v) is 10.7. The lowest BCUT2D eigenvalue weighted by atomic mass is 9.44. The highest BCUT2D eigenvalue weighted by Gasteiger charge is 2.62. The molecule has 0 bridgehead atoms. The molecule has 0 aromatic rings. The molecule has 0 aromatic carbocycles. The van der Waals surface area contributed by atoms with Crippen molar-refractivity contribution in [2.24, 2.45) is 34.5 Å². The summed E-state index contributed by atoms with van der Waals surface area (Å²) in [5, 5.41) is 25.0. The van der Waals surface area contributed by atoms with E-state index in [0.29, 0.717) is 23.9 Å². The van der Waals surface area contributed by atoms with Crippen LogP contribution in [0.15, 0.2) is 0 Å². The third kappa shape index (κ3) is 3.29. The van der Waals surface area contributed by atoms with E-state index in [2.05, 4.69) is 19.2 Å². The molecule has 3 N–H and O–H groups in total. The number of aliphatic hydroxyl groups excluding tert-OH is 2. The van der Waals surface area contributed by atoms with E-state index in [4.69, 9.17) is 4.74 Å². The Hall–Kier alpha value is -0.160. The number of rotatable bonds is 5. The first-order chi connectivity index (χ1) is 12.9. The monoisotopic (exact) mass is 379 g/mol. The summed E-state index contributed by atoms with van der Waals surface area (Å²) in [6.07, 6.45) is 9.91. The zero-order chi connectivity index (χ0) is 19.2. The molecule has 0 unspecified atom stereocenters. The smallest absolute Gasteiger partial charge is 0.0596 e. The highest BCUT2D eigenvalue weighted by molar-refractivity contribution is 5.11. The number of aliphatic hydroxyl groups is 2. The van der Waals surface area contributed by atoms with Gasteiger partial charge in [-0.25, -0.2) is 0 Å². The minimum atomic E-state index is -0.194. The zero-order valence-electron chi connectivity index (χ0n) is 17.6. The van der Waals surface area contributed by atoms with Gasteiger partial charge >= 0.3 is 0 Å². The molecule has 0 heterocycles. The summed E-state index contributed by atoms with van der Waals surface area (Å²) in [4.78, 5) is 0. The molecular weight excluding hydrogens is 338 g/mol. The molecule has 0 spiro atoms. The van der Waals surface area contributed by atoms with E-state index in [1.807, 2.05) is 7.05 Å². The fourth-order valence-corrected chi connectivity index (χ4v) is 7.89. The first-order valence-electron chi connectivity index (χ1n) is 11.5. The Bertz CT molecular complexity index is 528. The van der Waals surface area contributed by atoms with Crippen LogP contribution in [0, 0.1) is 34.5 Å². The van der Waals surface area contributed by atoms with Gasteiger partial charge in [-0.3, -0.25) is 0 Å². The predicted molar refractivity (Wildman–Crippen MR) is 107 cm³/mol. The molecule has 4 aliphatic carbocycles. The summed E-state index contributed by atoms with van der Waals surface area (Å²) < 4.78 is 6.18. The van der Waals surface area contributed by atoms with E-state index < -0.39 is 0 Å². The summed E-state index contributed by atoms with van der Waals surface area (Å²) >= 11 is 0. The molecule has 4 rings (SSSR count). The van der Waals surface area contributed by atoms with Gasteiger partial charge in [0.05, 0.1) is 18.3 Å². The number of nitrogens with one attached hydrogen (secondary N) is 1. The molecule has 0 aromatic heterocycles. The number of hydrogen-bond donors (Lipinski definition) is 3. The van der Waals surface area contributed by atoms with Crippen molar-refractivity contribution in [3.8, 4) is 0 Å². The van der Waals surface area contributed by atoms with Crippen LogP contribution in [-0.2, 0) is 4.74 Å². The van der Waals surface area contributed by atoms with Crippen molar-refractivity contribution >= 4 is 0 Å². The maximum Gasteiger partial charge on any atom is 0.0596 e. The van der Waals surface area contributed by atoms with Crippen LogP contribution in [0.3, 0.4) is 0 Å². The van der Waals surface area contributed by atoms with Crippen molar-refractivity contribution in [3.63, 3.8) is 0 Å². The Balaban J connectivity index is 1.46. The van der Waals surface area contributed by atoms with E-state index in [-0.39, 0.29) is 23.0 Å². The van der Waals surface area contributed by atoms with E-state index in [1.54, 1.807) is 0 Å². The Morgan fingerprint density at radius 1 is 0.926 bits per heavy atom. The fourth-order valence-electron chi connectivity index (χ4n) is 7.89. The van der Waals surface area contributed by atoms with Gasteiger partial charge in [0, 0.05) is 6.61 Å². The molecule has 4 aliphatic rings. The molecule has 0 saturated heterocycles. The highest BCUT2D eigenvalue weighted by Crippen LogP contribution is 2.66. The van der Waals surface area contributed by atoms with Gasteiger partial charge in [-0.05, 0) is 106 Å². The normalized spacial score (nSPS) is 52.1. The fraction of sp³-hybridized carbons (Fsp3) is 1.00. The summed E-state index contributed by atoms with van der Waals surface area (Å²) in [6, 6.07) is 0. The van der Waals surface area contributed by atoms with Crippen molar-refractivity contribution in [2.45, 2.75) is 89.9 Å². The Morgan fingerprint density at radius 3 is 2.44 bits per heavy atom. The maximum atomic E-state index is 11.2. The van der Waals surface area contributed by atoms with Crippen molar-refractivity contribution in [1.82, 2.24) is 5.32 Å². The van der Waals surface area contributed by atoms with Crippen LogP contribution in [-0.4, -0.2) is 48.7 Å². The zero-order valence-corrected chi connectivity index (χ0v) is 17.6. The van der Waals surface area contributed by atoms with Crippen LogP contribution in [0.25, 0.3) is 0 Å². The molecule has 27 heavy (non-hydrogen) atoms. The number of fused-ring (bicyclic) bond motifs is 5. The van der Waals surface area contributed by atoms with Gasteiger partial charge < -0.3 is 20.3 Å². The van der Waals surface area contributed by atoms with Gasteiger partial charge in [-0.1, -0.05) is 13.8 Å². The second-order valence-electron chi connectivity index (χ2n) is 10.7. The number of ether oxygens (including phenoxy) is 1.